The van der Waals surface area contributed by atoms with Crippen LogP contribution >= 0.6 is 46.4 Å². The number of aromatic nitrogens is 2. The van der Waals surface area contributed by atoms with E-state index in [4.69, 9.17) is 56.6 Å². The predicted octanol–water partition coefficient (Wildman–Crippen LogP) is 3.59. The van der Waals surface area contributed by atoms with Crippen molar-refractivity contribution in [3.8, 4) is 0 Å². The molecule has 0 bridgehead atoms. The van der Waals surface area contributed by atoms with Crippen molar-refractivity contribution in [2.24, 2.45) is 0 Å². The van der Waals surface area contributed by atoms with Crippen LogP contribution < -0.4 is 0 Å². The zero-order valence-electron chi connectivity index (χ0n) is 10.8. The van der Waals surface area contributed by atoms with Crippen molar-refractivity contribution >= 4 is 60.8 Å². The monoisotopic (exact) mass is 379 g/mol. The summed E-state index contributed by atoms with van der Waals surface area (Å²) in [4.78, 5) is 17.6. The smallest absolute Gasteiger partial charge is 0.337 e. The SMILES string of the molecule is O=C(O)c1cnc(Cl)c(Cl)c1.OCc1cnc(Cl)c(Cl)c1.[B]. The highest BCUT2D eigenvalue weighted by molar-refractivity contribution is 6.41. The molecular weight excluding hydrogens is 373 g/mol. The fraction of sp³-hybridized carbons (Fsp3) is 0.0833. The van der Waals surface area contributed by atoms with Gasteiger partial charge < -0.3 is 10.2 Å². The van der Waals surface area contributed by atoms with Gasteiger partial charge in [0.15, 0.2) is 0 Å². The van der Waals surface area contributed by atoms with Gasteiger partial charge in [0.05, 0.1) is 22.2 Å². The lowest BCUT2D eigenvalue weighted by Gasteiger charge is -1.96. The van der Waals surface area contributed by atoms with Gasteiger partial charge in [-0.15, -0.1) is 0 Å². The minimum Gasteiger partial charge on any atom is -0.478 e. The number of carbonyl (C=O) groups is 1. The first-order valence-electron chi connectivity index (χ1n) is 5.30. The summed E-state index contributed by atoms with van der Waals surface area (Å²) in [5, 5.41) is 18.0. The third-order valence-corrected chi connectivity index (χ3v) is 3.45. The largest absolute Gasteiger partial charge is 0.478 e. The quantitative estimate of drug-likeness (QED) is 0.614. The lowest BCUT2D eigenvalue weighted by Crippen LogP contribution is -1.96. The third kappa shape index (κ3) is 6.38. The predicted molar refractivity (Wildman–Crippen MR) is 87.2 cm³/mol. The maximum atomic E-state index is 10.3. The molecule has 0 saturated heterocycles. The van der Waals surface area contributed by atoms with Crippen molar-refractivity contribution in [1.82, 2.24) is 9.97 Å². The van der Waals surface area contributed by atoms with Gasteiger partial charge in [-0.05, 0) is 17.7 Å². The van der Waals surface area contributed by atoms with E-state index in [9.17, 15) is 4.79 Å². The fourth-order valence-electron chi connectivity index (χ4n) is 1.09. The standard InChI is InChI=1S/C6H3Cl2NO2.C6H5Cl2NO.B/c7-4-1-3(6(10)11)2-9-5(4)8;7-5-1-4(3-10)2-9-6(5)8;/h1-2H,(H,10,11);1-2,10H,3H2;. The number of hydrogen-bond acceptors (Lipinski definition) is 4. The first kappa shape index (κ1) is 21.0. The van der Waals surface area contributed by atoms with Crippen LogP contribution in [0.5, 0.6) is 0 Å². The topological polar surface area (TPSA) is 83.3 Å². The molecule has 2 aromatic heterocycles. The van der Waals surface area contributed by atoms with E-state index in [-0.39, 0.29) is 35.9 Å². The summed E-state index contributed by atoms with van der Waals surface area (Å²) in [5.41, 5.74) is 0.689. The van der Waals surface area contributed by atoms with Crippen LogP contribution in [0.3, 0.4) is 0 Å². The second kappa shape index (κ2) is 9.87. The Morgan fingerprint density at radius 3 is 1.91 bits per heavy atom. The Balaban J connectivity index is 0.000000385. The molecule has 0 aromatic carbocycles. The van der Waals surface area contributed by atoms with Gasteiger partial charge >= 0.3 is 5.97 Å². The Morgan fingerprint density at radius 2 is 1.50 bits per heavy atom. The molecule has 115 valence electrons. The molecule has 0 aliphatic heterocycles. The average Bonchev–Trinajstić information content (AvgIpc) is 2.45. The third-order valence-electron chi connectivity index (χ3n) is 2.08. The van der Waals surface area contributed by atoms with E-state index in [1.54, 1.807) is 6.07 Å². The van der Waals surface area contributed by atoms with Crippen LogP contribution in [0.2, 0.25) is 20.4 Å². The van der Waals surface area contributed by atoms with Gasteiger partial charge in [0.1, 0.15) is 10.3 Å². The Labute approximate surface area is 148 Å². The Morgan fingerprint density at radius 1 is 1.00 bits per heavy atom. The number of pyridine rings is 2. The van der Waals surface area contributed by atoms with E-state index in [2.05, 4.69) is 9.97 Å². The molecule has 0 unspecified atom stereocenters. The summed E-state index contributed by atoms with van der Waals surface area (Å²) in [6, 6.07) is 2.83. The Hall–Kier alpha value is -1.05. The number of aliphatic hydroxyl groups excluding tert-OH is 1. The first-order valence-corrected chi connectivity index (χ1v) is 6.81. The van der Waals surface area contributed by atoms with E-state index in [0.29, 0.717) is 10.6 Å². The van der Waals surface area contributed by atoms with Crippen LogP contribution in [0.4, 0.5) is 0 Å². The lowest BCUT2D eigenvalue weighted by atomic mass is 10.3. The molecule has 22 heavy (non-hydrogen) atoms. The van der Waals surface area contributed by atoms with Crippen molar-refractivity contribution in [3.63, 3.8) is 0 Å². The average molecular weight is 381 g/mol. The highest BCUT2D eigenvalue weighted by Crippen LogP contribution is 2.20. The lowest BCUT2D eigenvalue weighted by molar-refractivity contribution is 0.0696. The number of nitrogens with zero attached hydrogens (tertiary/aromatic N) is 2. The maximum absolute atomic E-state index is 10.3. The van der Waals surface area contributed by atoms with Crippen LogP contribution in [-0.4, -0.2) is 34.6 Å². The van der Waals surface area contributed by atoms with Gasteiger partial charge in [-0.25, -0.2) is 14.8 Å². The van der Waals surface area contributed by atoms with Gasteiger partial charge in [0.25, 0.3) is 0 Å². The van der Waals surface area contributed by atoms with Crippen LogP contribution in [0.1, 0.15) is 15.9 Å². The maximum Gasteiger partial charge on any atom is 0.337 e. The van der Waals surface area contributed by atoms with Crippen molar-refractivity contribution in [2.75, 3.05) is 0 Å². The van der Waals surface area contributed by atoms with E-state index in [0.717, 1.165) is 6.20 Å². The molecule has 0 spiro atoms. The molecule has 2 aromatic rings. The number of aromatic carboxylic acids is 1. The number of hydrogen-bond donors (Lipinski definition) is 2. The molecule has 5 nitrogen and oxygen atoms in total. The fourth-order valence-corrected chi connectivity index (χ4v) is 1.65. The number of carboxylic acid groups (broad SMARTS) is 1. The Kier molecular flexibility index (Phi) is 9.40. The molecule has 10 heteroatoms. The summed E-state index contributed by atoms with van der Waals surface area (Å²) < 4.78 is 0. The van der Waals surface area contributed by atoms with Crippen LogP contribution in [0.15, 0.2) is 24.5 Å². The zero-order valence-corrected chi connectivity index (χ0v) is 13.8. The van der Waals surface area contributed by atoms with Gasteiger partial charge in [0, 0.05) is 20.8 Å². The molecule has 0 aliphatic carbocycles. The highest BCUT2D eigenvalue weighted by Gasteiger charge is 2.05. The molecule has 0 saturated carbocycles. The Bertz CT molecular complexity index is 658. The number of aliphatic hydroxyl groups is 1. The van der Waals surface area contributed by atoms with Crippen molar-refractivity contribution in [2.45, 2.75) is 6.61 Å². The zero-order chi connectivity index (χ0) is 16.0. The molecule has 2 heterocycles. The second-order valence-corrected chi connectivity index (χ2v) is 5.11. The molecule has 2 N–H and O–H groups in total. The molecule has 0 amide bonds. The number of rotatable bonds is 2. The molecule has 0 atom stereocenters. The van der Waals surface area contributed by atoms with Crippen molar-refractivity contribution in [3.05, 3.63) is 56.0 Å². The van der Waals surface area contributed by atoms with Crippen LogP contribution in [0.25, 0.3) is 0 Å². The highest BCUT2D eigenvalue weighted by atomic mass is 35.5. The van der Waals surface area contributed by atoms with E-state index in [1.165, 1.54) is 12.3 Å². The summed E-state index contributed by atoms with van der Waals surface area (Å²) in [6.07, 6.45) is 2.63. The summed E-state index contributed by atoms with van der Waals surface area (Å²) in [6.45, 7) is -0.0656. The molecule has 0 fully saturated rings. The van der Waals surface area contributed by atoms with E-state index in [1.807, 2.05) is 0 Å². The number of halogens is 4. The molecule has 0 aliphatic rings. The summed E-state index contributed by atoms with van der Waals surface area (Å²) in [5.74, 6) is -1.07. The van der Waals surface area contributed by atoms with Crippen molar-refractivity contribution in [1.29, 1.82) is 0 Å². The van der Waals surface area contributed by atoms with E-state index >= 15 is 0 Å². The van der Waals surface area contributed by atoms with Gasteiger partial charge in [-0.3, -0.25) is 0 Å². The van der Waals surface area contributed by atoms with E-state index < -0.39 is 5.97 Å². The molecule has 2 rings (SSSR count). The number of carboxylic acids is 1. The van der Waals surface area contributed by atoms with Gasteiger partial charge in [0.2, 0.25) is 0 Å². The minimum absolute atomic E-state index is 0. The van der Waals surface area contributed by atoms with Crippen LogP contribution in [-0.2, 0) is 6.61 Å². The van der Waals surface area contributed by atoms with Crippen molar-refractivity contribution < 1.29 is 15.0 Å². The summed E-state index contributed by atoms with van der Waals surface area (Å²) in [7, 11) is 0. The first-order chi connectivity index (χ1) is 9.85. The minimum atomic E-state index is -1.07. The summed E-state index contributed by atoms with van der Waals surface area (Å²) >= 11 is 22.0. The van der Waals surface area contributed by atoms with Gasteiger partial charge in [-0.1, -0.05) is 46.4 Å². The normalized spacial score (nSPS) is 9.32. The molecule has 3 radical (unpaired) electrons. The van der Waals surface area contributed by atoms with Gasteiger partial charge in [-0.2, -0.15) is 0 Å². The second-order valence-electron chi connectivity index (χ2n) is 3.58. The molecular formula is C12H8BCl4N2O3. The van der Waals surface area contributed by atoms with Crippen LogP contribution in [0, 0.1) is 0 Å².